The van der Waals surface area contributed by atoms with Gasteiger partial charge in [0.05, 0.1) is 6.20 Å². The van der Waals surface area contributed by atoms with Gasteiger partial charge in [0.25, 0.3) is 0 Å². The highest BCUT2D eigenvalue weighted by molar-refractivity contribution is 7.91. The highest BCUT2D eigenvalue weighted by atomic mass is 32.2. The topological polar surface area (TPSA) is 76.3 Å². The van der Waals surface area contributed by atoms with Gasteiger partial charge in [0.1, 0.15) is 0 Å². The normalized spacial score (nSPS) is 22.4. The largest absolute Gasteiger partial charge is 0.348 e. The third kappa shape index (κ3) is 2.53. The van der Waals surface area contributed by atoms with Crippen molar-refractivity contribution in [2.24, 2.45) is 11.1 Å². The minimum atomic E-state index is -3.60. The van der Waals surface area contributed by atoms with Crippen LogP contribution in [0.3, 0.4) is 0 Å². The molecule has 1 aliphatic heterocycles. The van der Waals surface area contributed by atoms with Gasteiger partial charge >= 0.3 is 0 Å². The molecule has 0 radical (unpaired) electrons. The molecule has 90 valence electrons. The van der Waals surface area contributed by atoms with Crippen molar-refractivity contribution in [2.45, 2.75) is 24.0 Å². The highest BCUT2D eigenvalue weighted by Gasteiger charge is 2.21. The maximum atomic E-state index is 11.1. The second-order valence-electron chi connectivity index (χ2n) is 4.20. The molecule has 1 saturated heterocycles. The summed E-state index contributed by atoms with van der Waals surface area (Å²) in [6, 6.07) is 0. The van der Waals surface area contributed by atoms with Gasteiger partial charge in [0, 0.05) is 13.1 Å². The number of sulfonamides is 1. The molecule has 0 saturated carbocycles. The zero-order chi connectivity index (χ0) is 11.8. The van der Waals surface area contributed by atoms with E-state index in [-0.39, 0.29) is 4.21 Å². The number of nitrogens with two attached hydrogens (primary N) is 1. The summed E-state index contributed by atoms with van der Waals surface area (Å²) < 4.78 is 22.4. The van der Waals surface area contributed by atoms with Gasteiger partial charge in [-0.05, 0) is 18.8 Å². The molecule has 1 aromatic heterocycles. The average molecular weight is 261 g/mol. The number of anilines is 1. The first-order chi connectivity index (χ1) is 7.47. The summed E-state index contributed by atoms with van der Waals surface area (Å²) in [5.41, 5.74) is 0. The summed E-state index contributed by atoms with van der Waals surface area (Å²) in [6.45, 7) is 4.08. The van der Waals surface area contributed by atoms with Crippen molar-refractivity contribution in [3.8, 4) is 0 Å². The molecule has 2 heterocycles. The monoisotopic (exact) mass is 261 g/mol. The third-order valence-corrected chi connectivity index (χ3v) is 5.15. The number of nitrogens with zero attached hydrogens (tertiary/aromatic N) is 2. The Bertz CT molecular complexity index is 469. The van der Waals surface area contributed by atoms with E-state index in [0.29, 0.717) is 5.92 Å². The van der Waals surface area contributed by atoms with E-state index in [0.717, 1.165) is 36.0 Å². The number of thiazole rings is 1. The number of hydrogen-bond acceptors (Lipinski definition) is 5. The minimum Gasteiger partial charge on any atom is -0.348 e. The lowest BCUT2D eigenvalue weighted by atomic mass is 10.0. The summed E-state index contributed by atoms with van der Waals surface area (Å²) in [7, 11) is -3.60. The molecule has 7 heteroatoms. The van der Waals surface area contributed by atoms with Crippen LogP contribution in [0.25, 0.3) is 0 Å². The van der Waals surface area contributed by atoms with E-state index < -0.39 is 10.0 Å². The summed E-state index contributed by atoms with van der Waals surface area (Å²) >= 11 is 1.15. The SMILES string of the molecule is CC1CCCN(c2ncc(S(N)(=O)=O)s2)C1. The predicted molar refractivity (Wildman–Crippen MR) is 64.1 cm³/mol. The number of piperidine rings is 1. The number of primary sulfonamides is 1. The standard InChI is InChI=1S/C9H15N3O2S2/c1-7-3-2-4-12(6-7)9-11-5-8(15-9)16(10,13)14/h5,7H,2-4,6H2,1H3,(H2,10,13,14). The molecule has 2 N–H and O–H groups in total. The minimum absolute atomic E-state index is 0.140. The summed E-state index contributed by atoms with van der Waals surface area (Å²) in [5.74, 6) is 0.635. The molecule has 0 spiro atoms. The van der Waals surface area contributed by atoms with Crippen LogP contribution >= 0.6 is 11.3 Å². The molecule has 0 amide bonds. The van der Waals surface area contributed by atoms with Gasteiger partial charge in [0.2, 0.25) is 10.0 Å². The second-order valence-corrected chi connectivity index (χ2v) is 7.00. The second kappa shape index (κ2) is 4.31. The van der Waals surface area contributed by atoms with Gasteiger partial charge in [-0.1, -0.05) is 18.3 Å². The maximum Gasteiger partial charge on any atom is 0.249 e. The van der Waals surface area contributed by atoms with E-state index in [9.17, 15) is 8.42 Å². The Morgan fingerprint density at radius 1 is 1.62 bits per heavy atom. The zero-order valence-electron chi connectivity index (χ0n) is 9.09. The first-order valence-corrected chi connectivity index (χ1v) is 7.56. The van der Waals surface area contributed by atoms with E-state index in [2.05, 4.69) is 16.8 Å². The Morgan fingerprint density at radius 2 is 2.38 bits per heavy atom. The molecule has 16 heavy (non-hydrogen) atoms. The average Bonchev–Trinajstić information content (AvgIpc) is 2.65. The molecule has 1 atom stereocenters. The van der Waals surface area contributed by atoms with Gasteiger partial charge in [-0.15, -0.1) is 0 Å². The van der Waals surface area contributed by atoms with Gasteiger partial charge < -0.3 is 4.90 Å². The number of hydrogen-bond donors (Lipinski definition) is 1. The fourth-order valence-electron chi connectivity index (χ4n) is 1.89. The molecule has 1 fully saturated rings. The smallest absolute Gasteiger partial charge is 0.249 e. The first-order valence-electron chi connectivity index (χ1n) is 5.20. The third-order valence-electron chi connectivity index (χ3n) is 2.68. The van der Waals surface area contributed by atoms with Crippen molar-refractivity contribution in [2.75, 3.05) is 18.0 Å². The van der Waals surface area contributed by atoms with E-state index in [1.54, 1.807) is 0 Å². The lowest BCUT2D eigenvalue weighted by Crippen LogP contribution is -2.34. The van der Waals surface area contributed by atoms with E-state index in [4.69, 9.17) is 5.14 Å². The van der Waals surface area contributed by atoms with Crippen molar-refractivity contribution in [3.63, 3.8) is 0 Å². The Morgan fingerprint density at radius 3 is 2.94 bits per heavy atom. The van der Waals surface area contributed by atoms with Gasteiger partial charge in [-0.2, -0.15) is 0 Å². The lowest BCUT2D eigenvalue weighted by Gasteiger charge is -2.30. The number of aromatic nitrogens is 1. The van der Waals surface area contributed by atoms with Gasteiger partial charge in [-0.3, -0.25) is 0 Å². The molecule has 0 bridgehead atoms. The maximum absolute atomic E-state index is 11.1. The first kappa shape index (κ1) is 11.8. The highest BCUT2D eigenvalue weighted by Crippen LogP contribution is 2.28. The van der Waals surface area contributed by atoms with E-state index in [1.165, 1.54) is 12.6 Å². The number of rotatable bonds is 2. The van der Waals surface area contributed by atoms with Crippen molar-refractivity contribution in [1.29, 1.82) is 0 Å². The van der Waals surface area contributed by atoms with Crippen molar-refractivity contribution >= 4 is 26.5 Å². The predicted octanol–water partition coefficient (Wildman–Crippen LogP) is 1.03. The summed E-state index contributed by atoms with van der Waals surface area (Å²) in [4.78, 5) is 6.26. The zero-order valence-corrected chi connectivity index (χ0v) is 10.7. The van der Waals surface area contributed by atoms with Crippen LogP contribution in [0.2, 0.25) is 0 Å². The van der Waals surface area contributed by atoms with Crippen LogP contribution in [0, 0.1) is 5.92 Å². The molecule has 1 aromatic rings. The van der Waals surface area contributed by atoms with Crippen LogP contribution in [0.5, 0.6) is 0 Å². The van der Waals surface area contributed by atoms with Crippen LogP contribution < -0.4 is 10.0 Å². The van der Waals surface area contributed by atoms with Crippen molar-refractivity contribution in [3.05, 3.63) is 6.20 Å². The fourth-order valence-corrected chi connectivity index (χ4v) is 3.47. The van der Waals surface area contributed by atoms with Crippen LogP contribution in [0.4, 0.5) is 5.13 Å². The van der Waals surface area contributed by atoms with Crippen molar-refractivity contribution < 1.29 is 8.42 Å². The Labute approximate surface area is 99.3 Å². The molecule has 1 aliphatic rings. The molecular weight excluding hydrogens is 246 g/mol. The quantitative estimate of drug-likeness (QED) is 0.862. The lowest BCUT2D eigenvalue weighted by molar-refractivity contribution is 0.446. The molecule has 0 aliphatic carbocycles. The van der Waals surface area contributed by atoms with Gasteiger partial charge in [0.15, 0.2) is 9.34 Å². The van der Waals surface area contributed by atoms with E-state index in [1.807, 2.05) is 0 Å². The molecule has 2 rings (SSSR count). The molecule has 1 unspecified atom stereocenters. The van der Waals surface area contributed by atoms with Crippen LogP contribution in [0.1, 0.15) is 19.8 Å². The molecule has 5 nitrogen and oxygen atoms in total. The fraction of sp³-hybridized carbons (Fsp3) is 0.667. The molecule has 0 aromatic carbocycles. The Hall–Kier alpha value is -0.660. The van der Waals surface area contributed by atoms with Crippen molar-refractivity contribution in [1.82, 2.24) is 4.98 Å². The van der Waals surface area contributed by atoms with Gasteiger partial charge in [-0.25, -0.2) is 18.5 Å². The van der Waals surface area contributed by atoms with Crippen LogP contribution in [-0.2, 0) is 10.0 Å². The van der Waals surface area contributed by atoms with E-state index >= 15 is 0 Å². The summed E-state index contributed by atoms with van der Waals surface area (Å²) in [5, 5.41) is 5.81. The van der Waals surface area contributed by atoms with Crippen LogP contribution in [-0.4, -0.2) is 26.5 Å². The Balaban J connectivity index is 2.18. The van der Waals surface area contributed by atoms with Crippen LogP contribution in [0.15, 0.2) is 10.4 Å². The molecular formula is C9H15N3O2S2. The Kier molecular flexibility index (Phi) is 3.18. The summed E-state index contributed by atoms with van der Waals surface area (Å²) in [6.07, 6.45) is 3.70.